The summed E-state index contributed by atoms with van der Waals surface area (Å²) in [5.74, 6) is 0.476. The van der Waals surface area contributed by atoms with Gasteiger partial charge >= 0.3 is 0 Å². The standard InChI is InChI=1S/C24H27ClFN7O3/c25-18-11-16(3-6-19(18)26)30-23-22-20(28-14-29-23)12-27-24(32-22)31-15-1-4-17(5-2-15)36-13-21(34)33-7-9-35-10-8-33/h3,6,11-12,14-15,17H,1-2,4-5,7-10,13H2,(H,27,31,32)(H,28,29,30)/t15-,17-. The van der Waals surface area contributed by atoms with E-state index in [1.165, 1.54) is 18.5 Å². The van der Waals surface area contributed by atoms with Gasteiger partial charge in [-0.15, -0.1) is 0 Å². The van der Waals surface area contributed by atoms with Crippen molar-refractivity contribution in [3.05, 3.63) is 41.6 Å². The van der Waals surface area contributed by atoms with Crippen molar-refractivity contribution in [2.75, 3.05) is 43.5 Å². The summed E-state index contributed by atoms with van der Waals surface area (Å²) in [6.45, 7) is 2.55. The third kappa shape index (κ3) is 5.97. The fourth-order valence-electron chi connectivity index (χ4n) is 4.38. The third-order valence-corrected chi connectivity index (χ3v) is 6.66. The van der Waals surface area contributed by atoms with Crippen molar-refractivity contribution in [1.82, 2.24) is 24.8 Å². The normalized spacial score (nSPS) is 20.3. The van der Waals surface area contributed by atoms with Crippen LogP contribution < -0.4 is 10.6 Å². The van der Waals surface area contributed by atoms with E-state index >= 15 is 0 Å². The SMILES string of the molecule is O=C(CO[C@H]1CC[C@H](Nc2ncc3ncnc(Nc4ccc(F)c(Cl)c4)c3n2)CC1)N1CCOCC1. The first-order chi connectivity index (χ1) is 17.5. The van der Waals surface area contributed by atoms with E-state index in [0.717, 1.165) is 25.7 Å². The highest BCUT2D eigenvalue weighted by Crippen LogP contribution is 2.27. The maximum Gasteiger partial charge on any atom is 0.248 e. The molecule has 1 aromatic carbocycles. The number of fused-ring (bicyclic) bond motifs is 1. The Morgan fingerprint density at radius 2 is 1.97 bits per heavy atom. The Balaban J connectivity index is 1.17. The van der Waals surface area contributed by atoms with Crippen LogP contribution in [-0.2, 0) is 14.3 Å². The lowest BCUT2D eigenvalue weighted by Gasteiger charge is -2.30. The van der Waals surface area contributed by atoms with Gasteiger partial charge in [-0.3, -0.25) is 4.79 Å². The predicted molar refractivity (Wildman–Crippen MR) is 133 cm³/mol. The number of ether oxygens (including phenoxy) is 2. The quantitative estimate of drug-likeness (QED) is 0.487. The van der Waals surface area contributed by atoms with Crippen molar-refractivity contribution in [2.24, 2.45) is 0 Å². The lowest BCUT2D eigenvalue weighted by Crippen LogP contribution is -2.43. The average Bonchev–Trinajstić information content (AvgIpc) is 2.91. The number of carbonyl (C=O) groups is 1. The Labute approximate surface area is 212 Å². The first kappa shape index (κ1) is 24.5. The first-order valence-corrected chi connectivity index (χ1v) is 12.4. The first-order valence-electron chi connectivity index (χ1n) is 12.0. The number of benzene rings is 1. The lowest BCUT2D eigenvalue weighted by atomic mass is 9.93. The number of nitrogens with one attached hydrogen (secondary N) is 2. The zero-order chi connectivity index (χ0) is 24.9. The van der Waals surface area contributed by atoms with Crippen molar-refractivity contribution >= 4 is 46.0 Å². The molecule has 1 saturated heterocycles. The summed E-state index contributed by atoms with van der Waals surface area (Å²) >= 11 is 5.90. The summed E-state index contributed by atoms with van der Waals surface area (Å²) in [6, 6.07) is 4.54. The molecule has 12 heteroatoms. The Bertz CT molecular complexity index is 1220. The van der Waals surface area contributed by atoms with Crippen molar-refractivity contribution < 1.29 is 18.7 Å². The highest BCUT2D eigenvalue weighted by atomic mass is 35.5. The molecule has 0 atom stereocenters. The molecule has 2 aliphatic rings. The smallest absolute Gasteiger partial charge is 0.248 e. The van der Waals surface area contributed by atoms with Crippen LogP contribution in [0.25, 0.3) is 11.0 Å². The van der Waals surface area contributed by atoms with E-state index in [1.807, 2.05) is 0 Å². The molecule has 1 aliphatic heterocycles. The van der Waals surface area contributed by atoms with Crippen LogP contribution in [0.1, 0.15) is 25.7 Å². The number of rotatable bonds is 7. The monoisotopic (exact) mass is 515 g/mol. The van der Waals surface area contributed by atoms with Crippen LogP contribution >= 0.6 is 11.6 Å². The second kappa shape index (κ2) is 11.3. The van der Waals surface area contributed by atoms with Gasteiger partial charge in [0.15, 0.2) is 5.82 Å². The number of amides is 1. The summed E-state index contributed by atoms with van der Waals surface area (Å²) < 4.78 is 24.7. The molecule has 1 saturated carbocycles. The molecule has 5 rings (SSSR count). The second-order valence-electron chi connectivity index (χ2n) is 8.83. The van der Waals surface area contributed by atoms with Gasteiger partial charge in [0.25, 0.3) is 0 Å². The molecule has 2 N–H and O–H groups in total. The van der Waals surface area contributed by atoms with Crippen molar-refractivity contribution in [1.29, 1.82) is 0 Å². The molecular weight excluding hydrogens is 489 g/mol. The number of morpholine rings is 1. The van der Waals surface area contributed by atoms with Gasteiger partial charge in [0, 0.05) is 24.8 Å². The molecule has 10 nitrogen and oxygen atoms in total. The van der Waals surface area contributed by atoms with Crippen LogP contribution in [0.5, 0.6) is 0 Å². The molecule has 3 aromatic rings. The van der Waals surface area contributed by atoms with Gasteiger partial charge in [-0.05, 0) is 43.9 Å². The summed E-state index contributed by atoms with van der Waals surface area (Å²) in [4.78, 5) is 31.7. The molecule has 0 unspecified atom stereocenters. The Morgan fingerprint density at radius 1 is 1.17 bits per heavy atom. The van der Waals surface area contributed by atoms with E-state index in [1.54, 1.807) is 17.2 Å². The van der Waals surface area contributed by atoms with E-state index in [2.05, 4.69) is 30.6 Å². The zero-order valence-corrected chi connectivity index (χ0v) is 20.4. The van der Waals surface area contributed by atoms with Crippen LogP contribution in [0, 0.1) is 5.82 Å². The van der Waals surface area contributed by atoms with Gasteiger partial charge in [-0.1, -0.05) is 11.6 Å². The number of halogens is 2. The Kier molecular flexibility index (Phi) is 7.69. The van der Waals surface area contributed by atoms with Crippen LogP contribution in [0.2, 0.25) is 5.02 Å². The fraction of sp³-hybridized carbons (Fsp3) is 0.458. The van der Waals surface area contributed by atoms with E-state index in [-0.39, 0.29) is 29.7 Å². The number of nitrogens with zero attached hydrogens (tertiary/aromatic N) is 5. The van der Waals surface area contributed by atoms with Crippen molar-refractivity contribution in [3.63, 3.8) is 0 Å². The van der Waals surface area contributed by atoms with Gasteiger partial charge in [0.2, 0.25) is 11.9 Å². The predicted octanol–water partition coefficient (Wildman–Crippen LogP) is 3.55. The van der Waals surface area contributed by atoms with Gasteiger partial charge < -0.3 is 25.0 Å². The maximum atomic E-state index is 13.5. The van der Waals surface area contributed by atoms with Gasteiger partial charge in [-0.25, -0.2) is 24.3 Å². The number of anilines is 3. The topological polar surface area (TPSA) is 114 Å². The number of aromatic nitrogens is 4. The molecule has 0 bridgehead atoms. The number of hydrogen-bond donors (Lipinski definition) is 2. The molecule has 0 radical (unpaired) electrons. The third-order valence-electron chi connectivity index (χ3n) is 6.37. The van der Waals surface area contributed by atoms with Crippen LogP contribution in [-0.4, -0.2) is 75.8 Å². The largest absolute Gasteiger partial charge is 0.378 e. The molecule has 3 heterocycles. The second-order valence-corrected chi connectivity index (χ2v) is 9.23. The van der Waals surface area contributed by atoms with E-state index in [9.17, 15) is 9.18 Å². The minimum Gasteiger partial charge on any atom is -0.378 e. The molecular formula is C24H27ClFN7O3. The van der Waals surface area contributed by atoms with Crippen LogP contribution in [0.15, 0.2) is 30.7 Å². The average molecular weight is 516 g/mol. The summed E-state index contributed by atoms with van der Waals surface area (Å²) in [7, 11) is 0. The zero-order valence-electron chi connectivity index (χ0n) is 19.6. The van der Waals surface area contributed by atoms with Gasteiger partial charge in [-0.2, -0.15) is 0 Å². The molecule has 0 spiro atoms. The number of carbonyl (C=O) groups excluding carboxylic acids is 1. The van der Waals surface area contributed by atoms with Gasteiger partial charge in [0.1, 0.15) is 29.8 Å². The van der Waals surface area contributed by atoms with E-state index in [0.29, 0.717) is 54.8 Å². The van der Waals surface area contributed by atoms with Crippen LogP contribution in [0.4, 0.5) is 21.8 Å². The van der Waals surface area contributed by atoms with Crippen molar-refractivity contribution in [2.45, 2.75) is 37.8 Å². The summed E-state index contributed by atoms with van der Waals surface area (Å²) in [6.07, 6.45) is 6.58. The maximum absolute atomic E-state index is 13.5. The highest BCUT2D eigenvalue weighted by Gasteiger charge is 2.24. The summed E-state index contributed by atoms with van der Waals surface area (Å²) in [5, 5.41) is 6.53. The number of hydrogen-bond acceptors (Lipinski definition) is 9. The van der Waals surface area contributed by atoms with Gasteiger partial charge in [0.05, 0.1) is 30.5 Å². The van der Waals surface area contributed by atoms with Crippen molar-refractivity contribution in [3.8, 4) is 0 Å². The molecule has 190 valence electrons. The Morgan fingerprint density at radius 3 is 2.75 bits per heavy atom. The molecule has 2 fully saturated rings. The van der Waals surface area contributed by atoms with Crippen LogP contribution in [0.3, 0.4) is 0 Å². The minimum atomic E-state index is -0.493. The van der Waals surface area contributed by atoms with E-state index in [4.69, 9.17) is 21.1 Å². The van der Waals surface area contributed by atoms with E-state index < -0.39 is 5.82 Å². The fourth-order valence-corrected chi connectivity index (χ4v) is 4.56. The minimum absolute atomic E-state index is 0.0142. The molecule has 1 aliphatic carbocycles. The lowest BCUT2D eigenvalue weighted by molar-refractivity contribution is -0.142. The molecule has 1 amide bonds. The highest BCUT2D eigenvalue weighted by molar-refractivity contribution is 6.31. The molecule has 2 aromatic heterocycles. The summed E-state index contributed by atoms with van der Waals surface area (Å²) in [5.41, 5.74) is 1.70. The Hall–Kier alpha value is -3.15. The molecule has 36 heavy (non-hydrogen) atoms.